The molecule has 0 spiro atoms. The molecular formula is C18H24N2O4. The van der Waals surface area contributed by atoms with Crippen LogP contribution in [-0.2, 0) is 9.53 Å². The van der Waals surface area contributed by atoms with Crippen LogP contribution in [0.15, 0.2) is 24.3 Å². The molecule has 2 unspecified atom stereocenters. The SMILES string of the molecule is CCC1CN(C(=O)C2CCCN2C(=O)c2ccccc2O)CCO1. The Balaban J connectivity index is 1.74. The van der Waals surface area contributed by atoms with Gasteiger partial charge in [-0.05, 0) is 31.4 Å². The number of aromatic hydroxyl groups is 1. The first kappa shape index (κ1) is 16.8. The first-order valence-corrected chi connectivity index (χ1v) is 8.61. The van der Waals surface area contributed by atoms with Gasteiger partial charge in [0.15, 0.2) is 0 Å². The number of hydrogen-bond acceptors (Lipinski definition) is 4. The predicted molar refractivity (Wildman–Crippen MR) is 88.8 cm³/mol. The van der Waals surface area contributed by atoms with Crippen LogP contribution in [0.5, 0.6) is 5.75 Å². The fourth-order valence-electron chi connectivity index (χ4n) is 3.45. The van der Waals surface area contributed by atoms with Crippen molar-refractivity contribution in [3.05, 3.63) is 29.8 Å². The molecule has 0 bridgehead atoms. The Kier molecular flexibility index (Phi) is 5.04. The topological polar surface area (TPSA) is 70.1 Å². The van der Waals surface area contributed by atoms with Gasteiger partial charge in [-0.15, -0.1) is 0 Å². The molecule has 0 aromatic heterocycles. The molecule has 3 rings (SSSR count). The summed E-state index contributed by atoms with van der Waals surface area (Å²) in [7, 11) is 0. The number of phenolic OH excluding ortho intramolecular Hbond substituents is 1. The van der Waals surface area contributed by atoms with E-state index in [4.69, 9.17) is 4.74 Å². The summed E-state index contributed by atoms with van der Waals surface area (Å²) in [5.41, 5.74) is 0.255. The predicted octanol–water partition coefficient (Wildman–Crippen LogP) is 1.63. The number of phenols is 1. The Bertz CT molecular complexity index is 619. The number of nitrogens with zero attached hydrogens (tertiary/aromatic N) is 2. The van der Waals surface area contributed by atoms with Crippen LogP contribution in [0.25, 0.3) is 0 Å². The lowest BCUT2D eigenvalue weighted by Gasteiger charge is -2.36. The number of likely N-dealkylation sites (tertiary alicyclic amines) is 1. The van der Waals surface area contributed by atoms with Gasteiger partial charge in [0.25, 0.3) is 5.91 Å². The maximum Gasteiger partial charge on any atom is 0.258 e. The van der Waals surface area contributed by atoms with Crippen molar-refractivity contribution in [1.29, 1.82) is 0 Å². The molecule has 0 radical (unpaired) electrons. The molecule has 24 heavy (non-hydrogen) atoms. The summed E-state index contributed by atoms with van der Waals surface area (Å²) in [6.07, 6.45) is 2.42. The zero-order valence-corrected chi connectivity index (χ0v) is 14.0. The second kappa shape index (κ2) is 7.21. The van der Waals surface area contributed by atoms with Gasteiger partial charge in [0, 0.05) is 19.6 Å². The first-order valence-electron chi connectivity index (χ1n) is 8.61. The third-order valence-corrected chi connectivity index (χ3v) is 4.84. The molecule has 2 saturated heterocycles. The van der Waals surface area contributed by atoms with Gasteiger partial charge in [0.1, 0.15) is 11.8 Å². The third kappa shape index (κ3) is 3.24. The lowest BCUT2D eigenvalue weighted by Crippen LogP contribution is -2.53. The van der Waals surface area contributed by atoms with Gasteiger partial charge < -0.3 is 19.6 Å². The second-order valence-corrected chi connectivity index (χ2v) is 6.36. The third-order valence-electron chi connectivity index (χ3n) is 4.84. The van der Waals surface area contributed by atoms with Gasteiger partial charge in [0.05, 0.1) is 18.3 Å². The fourth-order valence-corrected chi connectivity index (χ4v) is 3.45. The van der Waals surface area contributed by atoms with Crippen LogP contribution in [0.4, 0.5) is 0 Å². The van der Waals surface area contributed by atoms with E-state index in [2.05, 4.69) is 0 Å². The Morgan fingerprint density at radius 2 is 2.08 bits per heavy atom. The molecule has 2 fully saturated rings. The van der Waals surface area contributed by atoms with E-state index in [9.17, 15) is 14.7 Å². The lowest BCUT2D eigenvalue weighted by atomic mass is 10.1. The highest BCUT2D eigenvalue weighted by Gasteiger charge is 2.38. The van der Waals surface area contributed by atoms with E-state index in [1.807, 2.05) is 11.8 Å². The van der Waals surface area contributed by atoms with Gasteiger partial charge in [-0.25, -0.2) is 0 Å². The number of rotatable bonds is 3. The van der Waals surface area contributed by atoms with E-state index in [1.165, 1.54) is 6.07 Å². The molecule has 6 nitrogen and oxygen atoms in total. The maximum absolute atomic E-state index is 12.9. The normalized spacial score (nSPS) is 24.2. The van der Waals surface area contributed by atoms with E-state index >= 15 is 0 Å². The summed E-state index contributed by atoms with van der Waals surface area (Å²) in [5, 5.41) is 9.92. The average Bonchev–Trinajstić information content (AvgIpc) is 3.10. The van der Waals surface area contributed by atoms with Crippen molar-refractivity contribution in [3.63, 3.8) is 0 Å². The largest absolute Gasteiger partial charge is 0.507 e. The molecule has 130 valence electrons. The highest BCUT2D eigenvalue weighted by Crippen LogP contribution is 2.26. The van der Waals surface area contributed by atoms with Crippen LogP contribution < -0.4 is 0 Å². The zero-order valence-electron chi connectivity index (χ0n) is 14.0. The van der Waals surface area contributed by atoms with Crippen molar-refractivity contribution in [3.8, 4) is 5.75 Å². The molecule has 2 aliphatic heterocycles. The van der Waals surface area contributed by atoms with Crippen LogP contribution in [0.2, 0.25) is 0 Å². The number of benzene rings is 1. The lowest BCUT2D eigenvalue weighted by molar-refractivity contribution is -0.142. The van der Waals surface area contributed by atoms with E-state index < -0.39 is 6.04 Å². The van der Waals surface area contributed by atoms with Crippen molar-refractivity contribution < 1.29 is 19.4 Å². The van der Waals surface area contributed by atoms with Crippen LogP contribution >= 0.6 is 0 Å². The Labute approximate surface area is 142 Å². The summed E-state index contributed by atoms with van der Waals surface area (Å²) < 4.78 is 5.62. The molecule has 1 aromatic rings. The highest BCUT2D eigenvalue weighted by molar-refractivity contribution is 5.99. The molecule has 2 aliphatic rings. The summed E-state index contributed by atoms with van der Waals surface area (Å²) in [4.78, 5) is 29.1. The molecule has 6 heteroatoms. The van der Waals surface area contributed by atoms with E-state index in [-0.39, 0.29) is 29.2 Å². The molecule has 2 amide bonds. The minimum atomic E-state index is -0.437. The Morgan fingerprint density at radius 3 is 2.83 bits per heavy atom. The van der Waals surface area contributed by atoms with Crippen molar-refractivity contribution >= 4 is 11.8 Å². The van der Waals surface area contributed by atoms with Gasteiger partial charge in [-0.3, -0.25) is 9.59 Å². The Morgan fingerprint density at radius 1 is 1.29 bits per heavy atom. The quantitative estimate of drug-likeness (QED) is 0.913. The molecule has 1 N–H and O–H groups in total. The molecule has 1 aromatic carbocycles. The van der Waals surface area contributed by atoms with Crippen LogP contribution in [-0.4, -0.2) is 65.1 Å². The number of carbonyl (C=O) groups excluding carboxylic acids is 2. The average molecular weight is 332 g/mol. The van der Waals surface area contributed by atoms with Crippen LogP contribution in [0.1, 0.15) is 36.5 Å². The smallest absolute Gasteiger partial charge is 0.258 e. The van der Waals surface area contributed by atoms with Gasteiger partial charge in [-0.1, -0.05) is 19.1 Å². The molecule has 2 atom stereocenters. The van der Waals surface area contributed by atoms with E-state index in [0.29, 0.717) is 32.7 Å². The summed E-state index contributed by atoms with van der Waals surface area (Å²) in [6.45, 7) is 4.30. The van der Waals surface area contributed by atoms with Crippen molar-refractivity contribution in [1.82, 2.24) is 9.80 Å². The number of morpholine rings is 1. The maximum atomic E-state index is 12.9. The van der Waals surface area contributed by atoms with Crippen molar-refractivity contribution in [2.75, 3.05) is 26.2 Å². The molecule has 0 saturated carbocycles. The monoisotopic (exact) mass is 332 g/mol. The standard InChI is InChI=1S/C18H24N2O4/c1-2-13-12-19(10-11-24-13)18(23)15-7-5-9-20(15)17(22)14-6-3-4-8-16(14)21/h3-4,6,8,13,15,21H,2,5,7,9-12H2,1H3. The molecular weight excluding hydrogens is 308 g/mol. The van der Waals surface area contributed by atoms with Crippen LogP contribution in [0, 0.1) is 0 Å². The highest BCUT2D eigenvalue weighted by atomic mass is 16.5. The van der Waals surface area contributed by atoms with Crippen molar-refractivity contribution in [2.24, 2.45) is 0 Å². The second-order valence-electron chi connectivity index (χ2n) is 6.36. The van der Waals surface area contributed by atoms with Gasteiger partial charge >= 0.3 is 0 Å². The summed E-state index contributed by atoms with van der Waals surface area (Å²) in [6, 6.07) is 6.05. The van der Waals surface area contributed by atoms with Gasteiger partial charge in [0.2, 0.25) is 5.91 Å². The fraction of sp³-hybridized carbons (Fsp3) is 0.556. The van der Waals surface area contributed by atoms with Crippen molar-refractivity contribution in [2.45, 2.75) is 38.3 Å². The van der Waals surface area contributed by atoms with E-state index in [0.717, 1.165) is 12.8 Å². The van der Waals surface area contributed by atoms with E-state index in [1.54, 1.807) is 23.1 Å². The molecule has 2 heterocycles. The molecule has 0 aliphatic carbocycles. The number of carbonyl (C=O) groups is 2. The number of amides is 2. The number of ether oxygens (including phenoxy) is 1. The minimum Gasteiger partial charge on any atom is -0.507 e. The first-order chi connectivity index (χ1) is 11.6. The van der Waals surface area contributed by atoms with Crippen LogP contribution in [0.3, 0.4) is 0 Å². The number of para-hydroxylation sites is 1. The Hall–Kier alpha value is -2.08. The summed E-state index contributed by atoms with van der Waals surface area (Å²) in [5.74, 6) is -0.319. The van der Waals surface area contributed by atoms with Gasteiger partial charge in [-0.2, -0.15) is 0 Å². The minimum absolute atomic E-state index is 0.00183. The number of hydrogen-bond donors (Lipinski definition) is 1. The zero-order chi connectivity index (χ0) is 17.1. The summed E-state index contributed by atoms with van der Waals surface area (Å²) >= 11 is 0.